The number of aliphatic hydroxyl groups excluding tert-OH is 1. The maximum atomic E-state index is 9.67. The first-order valence-electron chi connectivity index (χ1n) is 5.93. The Morgan fingerprint density at radius 3 is 2.65 bits per heavy atom. The topological polar surface area (TPSA) is 50.1 Å². The summed E-state index contributed by atoms with van der Waals surface area (Å²) in [4.78, 5) is 0. The molecule has 2 unspecified atom stereocenters. The lowest BCUT2D eigenvalue weighted by Gasteiger charge is -2.49. The molecule has 2 atom stereocenters. The van der Waals surface area contributed by atoms with Crippen LogP contribution in [0.1, 0.15) is 31.7 Å². The molecular formula is C12H20ClN3O. The van der Waals surface area contributed by atoms with E-state index in [0.717, 1.165) is 22.8 Å². The zero-order valence-electron chi connectivity index (χ0n) is 10.8. The standard InChI is InChI=1S/C12H20ClN3O/c1-7-11(13)8(16(4)15-7)6-14-9-5-10(17)12(9,2)3/h9-10,14,17H,5-6H2,1-4H3. The second-order valence-electron chi connectivity index (χ2n) is 5.48. The molecule has 1 aliphatic rings. The fraction of sp³-hybridized carbons (Fsp3) is 0.750. The van der Waals surface area contributed by atoms with Crippen LogP contribution in [0.25, 0.3) is 0 Å². The van der Waals surface area contributed by atoms with Crippen molar-refractivity contribution in [2.45, 2.75) is 45.9 Å². The third-order valence-electron chi connectivity index (χ3n) is 3.99. The lowest BCUT2D eigenvalue weighted by molar-refractivity contribution is -0.0731. The van der Waals surface area contributed by atoms with Gasteiger partial charge in [-0.1, -0.05) is 25.4 Å². The Kier molecular flexibility index (Phi) is 3.23. The third-order valence-corrected chi connectivity index (χ3v) is 4.49. The van der Waals surface area contributed by atoms with Gasteiger partial charge in [0.25, 0.3) is 0 Å². The van der Waals surface area contributed by atoms with Gasteiger partial charge in [-0.15, -0.1) is 0 Å². The Balaban J connectivity index is 2.00. The monoisotopic (exact) mass is 257 g/mol. The average Bonchev–Trinajstić information content (AvgIpc) is 2.49. The largest absolute Gasteiger partial charge is 0.392 e. The highest BCUT2D eigenvalue weighted by atomic mass is 35.5. The number of hydrogen-bond donors (Lipinski definition) is 2. The van der Waals surface area contributed by atoms with Gasteiger partial charge in [-0.2, -0.15) is 5.10 Å². The predicted octanol–water partition coefficient (Wildman–Crippen LogP) is 1.63. The highest BCUT2D eigenvalue weighted by Crippen LogP contribution is 2.40. The predicted molar refractivity (Wildman–Crippen MR) is 68.0 cm³/mol. The summed E-state index contributed by atoms with van der Waals surface area (Å²) in [5, 5.41) is 18.1. The van der Waals surface area contributed by atoms with Crippen LogP contribution in [-0.2, 0) is 13.6 Å². The van der Waals surface area contributed by atoms with Gasteiger partial charge >= 0.3 is 0 Å². The molecule has 1 aliphatic carbocycles. The van der Waals surface area contributed by atoms with Gasteiger partial charge in [0, 0.05) is 25.0 Å². The van der Waals surface area contributed by atoms with Gasteiger partial charge in [0.2, 0.25) is 0 Å². The fourth-order valence-electron chi connectivity index (χ4n) is 2.34. The average molecular weight is 258 g/mol. The molecule has 1 aromatic heterocycles. The molecule has 2 rings (SSSR count). The summed E-state index contributed by atoms with van der Waals surface area (Å²) in [5.74, 6) is 0. The highest BCUT2D eigenvalue weighted by Gasteiger charge is 2.46. The summed E-state index contributed by atoms with van der Waals surface area (Å²) < 4.78 is 1.81. The minimum absolute atomic E-state index is 0.0554. The molecule has 17 heavy (non-hydrogen) atoms. The maximum Gasteiger partial charge on any atom is 0.0860 e. The Morgan fingerprint density at radius 2 is 2.24 bits per heavy atom. The van der Waals surface area contributed by atoms with E-state index in [2.05, 4.69) is 24.3 Å². The third kappa shape index (κ3) is 2.09. The van der Waals surface area contributed by atoms with Gasteiger partial charge in [0.15, 0.2) is 0 Å². The summed E-state index contributed by atoms with van der Waals surface area (Å²) >= 11 is 6.19. The van der Waals surface area contributed by atoms with Crippen LogP contribution >= 0.6 is 11.6 Å². The van der Waals surface area contributed by atoms with Gasteiger partial charge in [0.05, 0.1) is 22.5 Å². The normalized spacial score (nSPS) is 26.9. The Morgan fingerprint density at radius 1 is 1.59 bits per heavy atom. The van der Waals surface area contributed by atoms with E-state index in [1.54, 1.807) is 0 Å². The van der Waals surface area contributed by atoms with Crippen molar-refractivity contribution in [1.29, 1.82) is 0 Å². The molecule has 1 aromatic rings. The van der Waals surface area contributed by atoms with E-state index >= 15 is 0 Å². The minimum atomic E-state index is -0.205. The van der Waals surface area contributed by atoms with Crippen LogP contribution in [0.3, 0.4) is 0 Å². The molecule has 1 saturated carbocycles. The summed E-state index contributed by atoms with van der Waals surface area (Å²) in [6.45, 7) is 6.75. The highest BCUT2D eigenvalue weighted by molar-refractivity contribution is 6.31. The summed E-state index contributed by atoms with van der Waals surface area (Å²) in [7, 11) is 1.90. The molecule has 96 valence electrons. The second kappa shape index (κ2) is 4.26. The smallest absolute Gasteiger partial charge is 0.0860 e. The van der Waals surface area contributed by atoms with E-state index in [1.165, 1.54) is 0 Å². The number of aliphatic hydroxyl groups is 1. The van der Waals surface area contributed by atoms with E-state index in [1.807, 2.05) is 18.7 Å². The van der Waals surface area contributed by atoms with Crippen molar-refractivity contribution in [2.24, 2.45) is 12.5 Å². The summed E-state index contributed by atoms with van der Waals surface area (Å²) in [5.41, 5.74) is 1.81. The van der Waals surface area contributed by atoms with E-state index in [4.69, 9.17) is 11.6 Å². The quantitative estimate of drug-likeness (QED) is 0.866. The first kappa shape index (κ1) is 12.9. The number of hydrogen-bond acceptors (Lipinski definition) is 3. The number of aryl methyl sites for hydroxylation is 2. The van der Waals surface area contributed by atoms with E-state index in [9.17, 15) is 5.11 Å². The van der Waals surface area contributed by atoms with Crippen molar-refractivity contribution in [2.75, 3.05) is 0 Å². The fourth-order valence-corrected chi connectivity index (χ4v) is 2.57. The zero-order chi connectivity index (χ0) is 12.8. The van der Waals surface area contributed by atoms with Gasteiger partial charge in [-0.3, -0.25) is 4.68 Å². The molecule has 0 bridgehead atoms. The van der Waals surface area contributed by atoms with E-state index < -0.39 is 0 Å². The zero-order valence-corrected chi connectivity index (χ0v) is 11.5. The first-order valence-corrected chi connectivity index (χ1v) is 6.31. The molecule has 5 heteroatoms. The molecule has 0 radical (unpaired) electrons. The Labute approximate surface area is 107 Å². The second-order valence-corrected chi connectivity index (χ2v) is 5.85. The first-order chi connectivity index (χ1) is 7.84. The number of aromatic nitrogens is 2. The van der Waals surface area contributed by atoms with Crippen molar-refractivity contribution in [3.05, 3.63) is 16.4 Å². The van der Waals surface area contributed by atoms with Crippen molar-refractivity contribution < 1.29 is 5.11 Å². The van der Waals surface area contributed by atoms with Crippen LogP contribution in [0.2, 0.25) is 5.02 Å². The molecule has 0 spiro atoms. The minimum Gasteiger partial charge on any atom is -0.392 e. The summed E-state index contributed by atoms with van der Waals surface area (Å²) in [6.07, 6.45) is 0.602. The number of nitrogens with zero attached hydrogens (tertiary/aromatic N) is 2. The molecule has 1 heterocycles. The van der Waals surface area contributed by atoms with Gasteiger partial charge < -0.3 is 10.4 Å². The Bertz CT molecular complexity index is 428. The number of rotatable bonds is 3. The van der Waals surface area contributed by atoms with Crippen molar-refractivity contribution in [1.82, 2.24) is 15.1 Å². The van der Waals surface area contributed by atoms with Crippen LogP contribution in [0, 0.1) is 12.3 Å². The molecule has 1 fully saturated rings. The van der Waals surface area contributed by atoms with Crippen molar-refractivity contribution in [3.63, 3.8) is 0 Å². The number of nitrogens with one attached hydrogen (secondary N) is 1. The molecule has 2 N–H and O–H groups in total. The van der Waals surface area contributed by atoms with Crippen LogP contribution < -0.4 is 5.32 Å². The van der Waals surface area contributed by atoms with Crippen molar-refractivity contribution in [3.8, 4) is 0 Å². The van der Waals surface area contributed by atoms with Crippen LogP contribution in [0.4, 0.5) is 0 Å². The van der Waals surface area contributed by atoms with Crippen LogP contribution in [-0.4, -0.2) is 27.0 Å². The lowest BCUT2D eigenvalue weighted by atomic mass is 9.64. The Hall–Kier alpha value is -0.580. The van der Waals surface area contributed by atoms with Crippen LogP contribution in [0.15, 0.2) is 0 Å². The van der Waals surface area contributed by atoms with Gasteiger partial charge in [-0.05, 0) is 13.3 Å². The molecule has 0 aliphatic heterocycles. The van der Waals surface area contributed by atoms with Gasteiger partial charge in [-0.25, -0.2) is 0 Å². The molecule has 0 saturated heterocycles. The summed E-state index contributed by atoms with van der Waals surface area (Å²) in [6, 6.07) is 0.337. The number of halogens is 1. The molecular weight excluding hydrogens is 238 g/mol. The van der Waals surface area contributed by atoms with Gasteiger partial charge in [0.1, 0.15) is 0 Å². The van der Waals surface area contributed by atoms with Crippen LogP contribution in [0.5, 0.6) is 0 Å². The molecule has 0 aromatic carbocycles. The molecule has 0 amide bonds. The van der Waals surface area contributed by atoms with E-state index in [-0.39, 0.29) is 11.5 Å². The lowest BCUT2D eigenvalue weighted by Crippen LogP contribution is -2.59. The maximum absolute atomic E-state index is 9.67. The van der Waals surface area contributed by atoms with E-state index in [0.29, 0.717) is 12.6 Å². The van der Waals surface area contributed by atoms with Crippen molar-refractivity contribution >= 4 is 11.6 Å². The SMILES string of the molecule is Cc1nn(C)c(CNC2CC(O)C2(C)C)c1Cl. The molecule has 4 nitrogen and oxygen atoms in total.